The molecule has 0 fully saturated rings. The maximum Gasteiger partial charge on any atom is 0.318 e. The van der Waals surface area contributed by atoms with Crippen molar-refractivity contribution in [1.29, 1.82) is 0 Å². The fourth-order valence-electron chi connectivity index (χ4n) is 2.22. The van der Waals surface area contributed by atoms with E-state index < -0.39 is 0 Å². The van der Waals surface area contributed by atoms with Gasteiger partial charge in [-0.1, -0.05) is 23.7 Å². The zero-order valence-electron chi connectivity index (χ0n) is 11.1. The summed E-state index contributed by atoms with van der Waals surface area (Å²) < 4.78 is 5.17. The predicted molar refractivity (Wildman–Crippen MR) is 78.7 cm³/mol. The van der Waals surface area contributed by atoms with Gasteiger partial charge in [0.2, 0.25) is 0 Å². The number of methoxy groups -OCH3 is 1. The van der Waals surface area contributed by atoms with Crippen LogP contribution in [0.2, 0.25) is 5.02 Å². The van der Waals surface area contributed by atoms with Crippen molar-refractivity contribution in [2.45, 2.75) is 13.0 Å². The number of aromatic nitrogens is 2. The molecule has 20 heavy (non-hydrogen) atoms. The minimum Gasteiger partial charge on any atom is -0.467 e. The van der Waals surface area contributed by atoms with E-state index >= 15 is 0 Å². The van der Waals surface area contributed by atoms with Gasteiger partial charge in [-0.3, -0.25) is 0 Å². The predicted octanol–water partition coefficient (Wildman–Crippen LogP) is 2.53. The van der Waals surface area contributed by atoms with Crippen LogP contribution in [0.25, 0.3) is 0 Å². The summed E-state index contributed by atoms with van der Waals surface area (Å²) in [5, 5.41) is 7.24. The van der Waals surface area contributed by atoms with Gasteiger partial charge in [-0.25, -0.2) is 0 Å². The third-order valence-electron chi connectivity index (χ3n) is 3.23. The van der Waals surface area contributed by atoms with Crippen molar-refractivity contribution in [2.24, 2.45) is 0 Å². The number of anilines is 2. The quantitative estimate of drug-likeness (QED) is 0.910. The van der Waals surface area contributed by atoms with Crippen molar-refractivity contribution in [3.05, 3.63) is 40.5 Å². The number of para-hydroxylation sites is 1. The largest absolute Gasteiger partial charge is 0.467 e. The monoisotopic (exact) mass is 290 g/mol. The van der Waals surface area contributed by atoms with Crippen LogP contribution in [-0.4, -0.2) is 23.6 Å². The number of halogens is 1. The summed E-state index contributed by atoms with van der Waals surface area (Å²) in [6.45, 7) is 1.64. The van der Waals surface area contributed by atoms with Gasteiger partial charge in [-0.2, -0.15) is 9.97 Å². The van der Waals surface area contributed by atoms with Crippen LogP contribution in [0.1, 0.15) is 11.3 Å². The van der Waals surface area contributed by atoms with Crippen LogP contribution in [0.3, 0.4) is 0 Å². The summed E-state index contributed by atoms with van der Waals surface area (Å²) in [6.07, 6.45) is 0.881. The number of rotatable bonds is 3. The van der Waals surface area contributed by atoms with Crippen molar-refractivity contribution in [3.8, 4) is 6.01 Å². The van der Waals surface area contributed by atoms with Crippen molar-refractivity contribution in [3.63, 3.8) is 0 Å². The Balaban J connectivity index is 2.02. The van der Waals surface area contributed by atoms with Crippen LogP contribution >= 0.6 is 11.6 Å². The molecule has 0 saturated carbocycles. The lowest BCUT2D eigenvalue weighted by Crippen LogP contribution is -2.26. The van der Waals surface area contributed by atoms with Gasteiger partial charge in [0, 0.05) is 12.1 Å². The Morgan fingerprint density at radius 2 is 2.15 bits per heavy atom. The van der Waals surface area contributed by atoms with Crippen LogP contribution in [0, 0.1) is 0 Å². The third kappa shape index (κ3) is 2.55. The van der Waals surface area contributed by atoms with Gasteiger partial charge in [0.25, 0.3) is 0 Å². The first-order valence-corrected chi connectivity index (χ1v) is 6.82. The number of hydrogen-bond acceptors (Lipinski definition) is 5. The maximum atomic E-state index is 6.18. The highest BCUT2D eigenvalue weighted by molar-refractivity contribution is 6.33. The zero-order valence-corrected chi connectivity index (χ0v) is 11.9. The number of nitrogens with one attached hydrogen (secondary N) is 2. The minimum absolute atomic E-state index is 0.363. The molecule has 1 aliphatic heterocycles. The molecule has 104 valence electrons. The molecule has 0 saturated heterocycles. The Kier molecular flexibility index (Phi) is 3.71. The highest BCUT2D eigenvalue weighted by atomic mass is 35.5. The van der Waals surface area contributed by atoms with E-state index in [0.29, 0.717) is 11.0 Å². The Bertz CT molecular complexity index is 633. The summed E-state index contributed by atoms with van der Waals surface area (Å²) >= 11 is 6.18. The van der Waals surface area contributed by atoms with E-state index in [1.165, 1.54) is 0 Å². The van der Waals surface area contributed by atoms with Crippen LogP contribution in [0.5, 0.6) is 6.01 Å². The smallest absolute Gasteiger partial charge is 0.318 e. The van der Waals surface area contributed by atoms with Crippen LogP contribution in [0.15, 0.2) is 24.3 Å². The molecular formula is C14H15ClN4O. The van der Waals surface area contributed by atoms with Gasteiger partial charge < -0.3 is 15.4 Å². The van der Waals surface area contributed by atoms with Crippen molar-refractivity contribution >= 4 is 23.1 Å². The second-order valence-electron chi connectivity index (χ2n) is 4.52. The van der Waals surface area contributed by atoms with E-state index in [4.69, 9.17) is 16.3 Å². The van der Waals surface area contributed by atoms with Gasteiger partial charge in [0.15, 0.2) is 0 Å². The molecule has 0 radical (unpaired) electrons. The van der Waals surface area contributed by atoms with Gasteiger partial charge in [0.1, 0.15) is 5.82 Å². The van der Waals surface area contributed by atoms with Crippen LogP contribution in [-0.2, 0) is 13.0 Å². The van der Waals surface area contributed by atoms with Gasteiger partial charge in [-0.05, 0) is 25.1 Å². The molecule has 0 unspecified atom stereocenters. The second kappa shape index (κ2) is 5.64. The van der Waals surface area contributed by atoms with Crippen molar-refractivity contribution in [2.75, 3.05) is 19.0 Å². The number of ether oxygens (including phenoxy) is 1. The minimum atomic E-state index is 0.363. The molecule has 3 rings (SSSR count). The lowest BCUT2D eigenvalue weighted by molar-refractivity contribution is 0.376. The first kappa shape index (κ1) is 13.1. The first-order valence-electron chi connectivity index (χ1n) is 6.44. The molecule has 1 aromatic heterocycles. The van der Waals surface area contributed by atoms with E-state index in [1.807, 2.05) is 24.3 Å². The number of fused-ring (bicyclic) bond motifs is 1. The normalized spacial score (nSPS) is 13.7. The summed E-state index contributed by atoms with van der Waals surface area (Å²) in [5.74, 6) is 0.765. The summed E-state index contributed by atoms with van der Waals surface area (Å²) in [6, 6.07) is 7.96. The summed E-state index contributed by atoms with van der Waals surface area (Å²) in [7, 11) is 1.57. The first-order chi connectivity index (χ1) is 9.78. The Morgan fingerprint density at radius 1 is 1.30 bits per heavy atom. The second-order valence-corrected chi connectivity index (χ2v) is 4.92. The van der Waals surface area contributed by atoms with Gasteiger partial charge in [-0.15, -0.1) is 0 Å². The molecule has 5 nitrogen and oxygen atoms in total. The molecule has 6 heteroatoms. The van der Waals surface area contributed by atoms with E-state index in [1.54, 1.807) is 7.11 Å². The summed E-state index contributed by atoms with van der Waals surface area (Å²) in [4.78, 5) is 8.80. The van der Waals surface area contributed by atoms with Crippen molar-refractivity contribution < 1.29 is 4.74 Å². The lowest BCUT2D eigenvalue weighted by Gasteiger charge is -2.20. The van der Waals surface area contributed by atoms with E-state index in [-0.39, 0.29) is 0 Å². The summed E-state index contributed by atoms with van der Waals surface area (Å²) in [5.41, 5.74) is 2.91. The molecular weight excluding hydrogens is 276 g/mol. The number of nitrogens with zero attached hydrogens (tertiary/aromatic N) is 2. The molecule has 2 N–H and O–H groups in total. The fourth-order valence-corrected chi connectivity index (χ4v) is 2.40. The molecule has 0 atom stereocenters. The fraction of sp³-hybridized carbons (Fsp3) is 0.286. The third-order valence-corrected chi connectivity index (χ3v) is 3.56. The molecule has 0 amide bonds. The van der Waals surface area contributed by atoms with Crippen LogP contribution in [0.4, 0.5) is 11.5 Å². The topological polar surface area (TPSA) is 59.1 Å². The standard InChI is InChI=1S/C14H15ClN4O/c1-20-14-18-12-8-16-7-6-9(12)13(19-14)17-11-5-3-2-4-10(11)15/h2-5,16H,6-8H2,1H3,(H,17,18,19). The SMILES string of the molecule is COc1nc2c(c(Nc3ccccc3Cl)n1)CCNC2. The molecule has 2 aromatic rings. The lowest BCUT2D eigenvalue weighted by atomic mass is 10.1. The Labute approximate surface area is 122 Å². The van der Waals surface area contributed by atoms with Gasteiger partial charge in [0.05, 0.1) is 23.5 Å². The molecule has 0 bridgehead atoms. The van der Waals surface area contributed by atoms with Crippen molar-refractivity contribution in [1.82, 2.24) is 15.3 Å². The average Bonchev–Trinajstić information content (AvgIpc) is 2.49. The molecule has 2 heterocycles. The van der Waals surface area contributed by atoms with Gasteiger partial charge >= 0.3 is 6.01 Å². The highest BCUT2D eigenvalue weighted by Crippen LogP contribution is 2.29. The number of benzene rings is 1. The molecule has 0 spiro atoms. The highest BCUT2D eigenvalue weighted by Gasteiger charge is 2.18. The van der Waals surface area contributed by atoms with E-state index in [9.17, 15) is 0 Å². The Hall–Kier alpha value is -1.85. The van der Waals surface area contributed by atoms with E-state index in [2.05, 4.69) is 20.6 Å². The number of hydrogen-bond donors (Lipinski definition) is 2. The molecule has 1 aliphatic rings. The Morgan fingerprint density at radius 3 is 2.95 bits per heavy atom. The average molecular weight is 291 g/mol. The van der Waals surface area contributed by atoms with E-state index in [0.717, 1.165) is 42.3 Å². The molecule has 0 aliphatic carbocycles. The van der Waals surface area contributed by atoms with Crippen LogP contribution < -0.4 is 15.4 Å². The maximum absolute atomic E-state index is 6.18. The zero-order chi connectivity index (χ0) is 13.9. The molecule has 1 aromatic carbocycles.